The second kappa shape index (κ2) is 11.9. The number of rotatable bonds is 10. The summed E-state index contributed by atoms with van der Waals surface area (Å²) in [5, 5.41) is 6.67. The number of methoxy groups -OCH3 is 1. The molecule has 7 nitrogen and oxygen atoms in total. The fourth-order valence-electron chi connectivity index (χ4n) is 2.81. The Bertz CT molecular complexity index is 1050. The van der Waals surface area contributed by atoms with Crippen LogP contribution in [0.25, 0.3) is 0 Å². The molecule has 3 rings (SSSR count). The standard InChI is InChI=1S/C25H25N3O4/c1-31-23-10-6-5-9-22(23)27-24(29)15-16-25(30)28-26-17-19-11-13-21(14-12-19)32-18-20-7-3-2-4-8-20/h2-14,17H,15-16,18H2,1H3,(H,27,29)(H,28,30). The molecule has 0 bridgehead atoms. The number of hydrazone groups is 1. The zero-order valence-corrected chi connectivity index (χ0v) is 17.8. The van der Waals surface area contributed by atoms with Gasteiger partial charge in [0.2, 0.25) is 11.8 Å². The van der Waals surface area contributed by atoms with Gasteiger partial charge in [0, 0.05) is 12.8 Å². The molecule has 3 aromatic carbocycles. The maximum Gasteiger partial charge on any atom is 0.240 e. The van der Waals surface area contributed by atoms with E-state index in [-0.39, 0.29) is 24.7 Å². The number of amides is 2. The van der Waals surface area contributed by atoms with E-state index in [4.69, 9.17) is 9.47 Å². The van der Waals surface area contributed by atoms with Crippen LogP contribution < -0.4 is 20.2 Å². The van der Waals surface area contributed by atoms with Crippen LogP contribution in [-0.2, 0) is 16.2 Å². The Labute approximate surface area is 187 Å². The highest BCUT2D eigenvalue weighted by molar-refractivity contribution is 5.94. The van der Waals surface area contributed by atoms with Crippen molar-refractivity contribution in [2.75, 3.05) is 12.4 Å². The summed E-state index contributed by atoms with van der Waals surface area (Å²) < 4.78 is 10.9. The van der Waals surface area contributed by atoms with Crippen LogP contribution in [0.1, 0.15) is 24.0 Å². The molecule has 164 valence electrons. The maximum atomic E-state index is 12.1. The van der Waals surface area contributed by atoms with E-state index in [2.05, 4.69) is 15.8 Å². The van der Waals surface area contributed by atoms with Gasteiger partial charge in [-0.15, -0.1) is 0 Å². The Morgan fingerprint density at radius 3 is 2.31 bits per heavy atom. The van der Waals surface area contributed by atoms with E-state index in [9.17, 15) is 9.59 Å². The summed E-state index contributed by atoms with van der Waals surface area (Å²) in [4.78, 5) is 24.0. The van der Waals surface area contributed by atoms with Crippen molar-refractivity contribution in [1.29, 1.82) is 0 Å². The zero-order chi connectivity index (χ0) is 22.6. The summed E-state index contributed by atoms with van der Waals surface area (Å²) in [6, 6.07) is 24.4. The molecule has 0 atom stereocenters. The number of ether oxygens (including phenoxy) is 2. The number of nitrogens with one attached hydrogen (secondary N) is 2. The zero-order valence-electron chi connectivity index (χ0n) is 17.8. The number of benzene rings is 3. The minimum Gasteiger partial charge on any atom is -0.495 e. The maximum absolute atomic E-state index is 12.1. The van der Waals surface area contributed by atoms with Crippen molar-refractivity contribution in [2.45, 2.75) is 19.4 Å². The molecule has 0 spiro atoms. The molecule has 0 heterocycles. The number of carbonyl (C=O) groups is 2. The molecular weight excluding hydrogens is 406 g/mol. The third-order valence-electron chi connectivity index (χ3n) is 4.49. The van der Waals surface area contributed by atoms with Crippen LogP contribution >= 0.6 is 0 Å². The highest BCUT2D eigenvalue weighted by Crippen LogP contribution is 2.23. The number of anilines is 1. The summed E-state index contributed by atoms with van der Waals surface area (Å²) in [6.07, 6.45) is 1.59. The normalized spacial score (nSPS) is 10.5. The van der Waals surface area contributed by atoms with E-state index >= 15 is 0 Å². The Balaban J connectivity index is 1.38. The van der Waals surface area contributed by atoms with Crippen LogP contribution in [0.15, 0.2) is 84.0 Å². The summed E-state index contributed by atoms with van der Waals surface area (Å²) in [7, 11) is 1.53. The monoisotopic (exact) mass is 431 g/mol. The van der Waals surface area contributed by atoms with Crippen molar-refractivity contribution < 1.29 is 19.1 Å². The third-order valence-corrected chi connectivity index (χ3v) is 4.49. The lowest BCUT2D eigenvalue weighted by atomic mass is 10.2. The fraction of sp³-hybridized carbons (Fsp3) is 0.160. The Morgan fingerprint density at radius 2 is 1.56 bits per heavy atom. The van der Waals surface area contributed by atoms with E-state index < -0.39 is 0 Å². The molecule has 0 unspecified atom stereocenters. The highest BCUT2D eigenvalue weighted by atomic mass is 16.5. The van der Waals surface area contributed by atoms with Crippen molar-refractivity contribution in [1.82, 2.24) is 5.43 Å². The van der Waals surface area contributed by atoms with Crippen molar-refractivity contribution in [3.63, 3.8) is 0 Å². The first kappa shape index (κ1) is 22.6. The lowest BCUT2D eigenvalue weighted by molar-refractivity contribution is -0.124. The molecule has 0 aliphatic carbocycles. The molecule has 0 saturated carbocycles. The van der Waals surface area contributed by atoms with E-state index in [1.807, 2.05) is 60.7 Å². The molecule has 0 fully saturated rings. The fourth-order valence-corrected chi connectivity index (χ4v) is 2.81. The molecule has 2 amide bonds. The average molecular weight is 431 g/mol. The molecular formula is C25H25N3O4. The summed E-state index contributed by atoms with van der Waals surface area (Å²) >= 11 is 0. The quantitative estimate of drug-likeness (QED) is 0.373. The van der Waals surface area contributed by atoms with Crippen molar-refractivity contribution in [3.8, 4) is 11.5 Å². The largest absolute Gasteiger partial charge is 0.495 e. The molecule has 7 heteroatoms. The minimum atomic E-state index is -0.348. The van der Waals surface area contributed by atoms with Gasteiger partial charge in [0.1, 0.15) is 18.1 Å². The predicted octanol–water partition coefficient (Wildman–Crippen LogP) is 4.14. The molecule has 0 radical (unpaired) electrons. The number of hydrogen-bond donors (Lipinski definition) is 2. The molecule has 0 aliphatic rings. The van der Waals surface area contributed by atoms with Gasteiger partial charge in [0.05, 0.1) is 19.0 Å². The number of hydrogen-bond acceptors (Lipinski definition) is 5. The molecule has 0 aliphatic heterocycles. The smallest absolute Gasteiger partial charge is 0.240 e. The SMILES string of the molecule is COc1ccccc1NC(=O)CCC(=O)NN=Cc1ccc(OCc2ccccc2)cc1. The minimum absolute atomic E-state index is 0.0184. The molecule has 32 heavy (non-hydrogen) atoms. The summed E-state index contributed by atoms with van der Waals surface area (Å²) in [5.74, 6) is 0.682. The van der Waals surface area contributed by atoms with Gasteiger partial charge in [-0.1, -0.05) is 42.5 Å². The number of carbonyl (C=O) groups excluding carboxylic acids is 2. The van der Waals surface area contributed by atoms with E-state index in [1.54, 1.807) is 18.2 Å². The van der Waals surface area contributed by atoms with E-state index in [0.29, 0.717) is 18.0 Å². The summed E-state index contributed by atoms with van der Waals surface area (Å²) in [5.41, 5.74) is 4.90. The Morgan fingerprint density at radius 1 is 0.875 bits per heavy atom. The van der Waals surface area contributed by atoms with Crippen molar-refractivity contribution in [3.05, 3.63) is 90.0 Å². The van der Waals surface area contributed by atoms with Crippen LogP contribution in [0.2, 0.25) is 0 Å². The van der Waals surface area contributed by atoms with Gasteiger partial charge in [-0.25, -0.2) is 5.43 Å². The van der Waals surface area contributed by atoms with Gasteiger partial charge in [-0.3, -0.25) is 9.59 Å². The molecule has 0 saturated heterocycles. The number of nitrogens with zero attached hydrogens (tertiary/aromatic N) is 1. The average Bonchev–Trinajstić information content (AvgIpc) is 2.83. The van der Waals surface area contributed by atoms with Crippen molar-refractivity contribution >= 4 is 23.7 Å². The molecule has 3 aromatic rings. The van der Waals surface area contributed by atoms with Gasteiger partial charge in [0.25, 0.3) is 0 Å². The van der Waals surface area contributed by atoms with Gasteiger partial charge in [-0.2, -0.15) is 5.10 Å². The third kappa shape index (κ3) is 7.28. The van der Waals surface area contributed by atoms with Gasteiger partial charge in [0.15, 0.2) is 0 Å². The Kier molecular flexibility index (Phi) is 8.39. The first-order chi connectivity index (χ1) is 15.6. The van der Waals surface area contributed by atoms with Gasteiger partial charge < -0.3 is 14.8 Å². The van der Waals surface area contributed by atoms with Crippen LogP contribution in [0.5, 0.6) is 11.5 Å². The second-order valence-corrected chi connectivity index (χ2v) is 6.88. The van der Waals surface area contributed by atoms with E-state index in [1.165, 1.54) is 13.3 Å². The lowest BCUT2D eigenvalue weighted by Gasteiger charge is -2.09. The lowest BCUT2D eigenvalue weighted by Crippen LogP contribution is -2.20. The first-order valence-corrected chi connectivity index (χ1v) is 10.2. The topological polar surface area (TPSA) is 89.0 Å². The van der Waals surface area contributed by atoms with E-state index in [0.717, 1.165) is 16.9 Å². The predicted molar refractivity (Wildman–Crippen MR) is 124 cm³/mol. The van der Waals surface area contributed by atoms with Crippen molar-refractivity contribution in [2.24, 2.45) is 5.10 Å². The first-order valence-electron chi connectivity index (χ1n) is 10.2. The Hall–Kier alpha value is -4.13. The van der Waals surface area contributed by atoms with Gasteiger partial charge >= 0.3 is 0 Å². The highest BCUT2D eigenvalue weighted by Gasteiger charge is 2.09. The van der Waals surface area contributed by atoms with Crippen LogP contribution in [0.3, 0.4) is 0 Å². The molecule has 0 aromatic heterocycles. The molecule has 2 N–H and O–H groups in total. The van der Waals surface area contributed by atoms with Crippen LogP contribution in [0, 0.1) is 0 Å². The van der Waals surface area contributed by atoms with Crippen LogP contribution in [-0.4, -0.2) is 25.1 Å². The van der Waals surface area contributed by atoms with Crippen LogP contribution in [0.4, 0.5) is 5.69 Å². The van der Waals surface area contributed by atoms with Gasteiger partial charge in [-0.05, 0) is 47.5 Å². The number of para-hydroxylation sites is 2. The summed E-state index contributed by atoms with van der Waals surface area (Å²) in [6.45, 7) is 0.495. The second-order valence-electron chi connectivity index (χ2n) is 6.88.